The summed E-state index contributed by atoms with van der Waals surface area (Å²) in [5.41, 5.74) is 13.4. The maximum atomic E-state index is 5.99. The fourth-order valence-electron chi connectivity index (χ4n) is 8.00. The van der Waals surface area contributed by atoms with Crippen LogP contribution in [0.5, 0.6) is 11.5 Å². The fraction of sp³-hybridized carbons (Fsp3) is 0.489. The van der Waals surface area contributed by atoms with Crippen LogP contribution in [0.1, 0.15) is 142 Å². The van der Waals surface area contributed by atoms with Crippen LogP contribution < -0.4 is 9.47 Å². The lowest BCUT2D eigenvalue weighted by Crippen LogP contribution is -2.25. The molecule has 2 heteroatoms. The van der Waals surface area contributed by atoms with Gasteiger partial charge in [-0.25, -0.2) is 0 Å². The van der Waals surface area contributed by atoms with Crippen LogP contribution in [-0.2, 0) is 16.2 Å². The first-order valence-electron chi connectivity index (χ1n) is 19.0. The average Bonchev–Trinajstić information content (AvgIpc) is 3.35. The fourth-order valence-corrected chi connectivity index (χ4v) is 8.00. The summed E-state index contributed by atoms with van der Waals surface area (Å²) >= 11 is 0. The Morgan fingerprint density at radius 1 is 0.469 bits per heavy atom. The molecule has 4 aromatic rings. The molecule has 0 N–H and O–H groups in total. The van der Waals surface area contributed by atoms with Crippen molar-refractivity contribution >= 4 is 0 Å². The third-order valence-corrected chi connectivity index (χ3v) is 11.0. The Bertz CT molecular complexity index is 1600. The molecule has 1 aliphatic carbocycles. The molecule has 1 aliphatic rings. The van der Waals surface area contributed by atoms with Gasteiger partial charge in [0.2, 0.25) is 0 Å². The van der Waals surface area contributed by atoms with Crippen LogP contribution in [0.4, 0.5) is 0 Å². The molecular weight excluding hydrogens is 597 g/mol. The third-order valence-electron chi connectivity index (χ3n) is 11.0. The van der Waals surface area contributed by atoms with Crippen LogP contribution in [-0.4, -0.2) is 14.2 Å². The van der Waals surface area contributed by atoms with Gasteiger partial charge in [0, 0.05) is 16.5 Å². The van der Waals surface area contributed by atoms with Gasteiger partial charge in [-0.15, -0.1) is 0 Å². The van der Waals surface area contributed by atoms with E-state index in [0.717, 1.165) is 11.5 Å². The third kappa shape index (κ3) is 7.64. The normalized spacial score (nSPS) is 13.7. The van der Waals surface area contributed by atoms with E-state index in [9.17, 15) is 0 Å². The van der Waals surface area contributed by atoms with Crippen molar-refractivity contribution in [2.75, 3.05) is 14.2 Å². The van der Waals surface area contributed by atoms with E-state index in [1.165, 1.54) is 120 Å². The van der Waals surface area contributed by atoms with E-state index in [1.54, 1.807) is 14.2 Å². The molecule has 5 rings (SSSR count). The summed E-state index contributed by atoms with van der Waals surface area (Å²) in [6.07, 6.45) is 12.5. The molecule has 2 nitrogen and oxygen atoms in total. The number of hydrogen-bond donors (Lipinski definition) is 0. The lowest BCUT2D eigenvalue weighted by molar-refractivity contribution is 0.401. The minimum absolute atomic E-state index is 0.0398. The molecule has 0 amide bonds. The Kier molecular flexibility index (Phi) is 11.4. The van der Waals surface area contributed by atoms with Crippen LogP contribution in [0.15, 0.2) is 72.8 Å². The second kappa shape index (κ2) is 15.2. The predicted molar refractivity (Wildman–Crippen MR) is 212 cm³/mol. The molecule has 49 heavy (non-hydrogen) atoms. The summed E-state index contributed by atoms with van der Waals surface area (Å²) in [7, 11) is 3.60. The minimum atomic E-state index is -0.0398. The number of hydrogen-bond acceptors (Lipinski definition) is 2. The summed E-state index contributed by atoms with van der Waals surface area (Å²) in [5, 5.41) is 0. The largest absolute Gasteiger partial charge is 0.496 e. The van der Waals surface area contributed by atoms with Gasteiger partial charge in [-0.05, 0) is 105 Å². The van der Waals surface area contributed by atoms with Crippen molar-refractivity contribution in [1.29, 1.82) is 0 Å². The van der Waals surface area contributed by atoms with Crippen molar-refractivity contribution in [3.63, 3.8) is 0 Å². The maximum Gasteiger partial charge on any atom is 0.126 e. The molecule has 0 spiro atoms. The van der Waals surface area contributed by atoms with E-state index in [1.807, 2.05) is 0 Å². The van der Waals surface area contributed by atoms with Crippen LogP contribution in [0, 0.1) is 0 Å². The molecule has 0 unspecified atom stereocenters. The quantitative estimate of drug-likeness (QED) is 0.126. The number of unbranched alkanes of at least 4 members (excludes halogenated alkanes) is 6. The smallest absolute Gasteiger partial charge is 0.126 e. The Morgan fingerprint density at radius 2 is 0.878 bits per heavy atom. The van der Waals surface area contributed by atoms with Gasteiger partial charge in [0.25, 0.3) is 0 Å². The summed E-state index contributed by atoms with van der Waals surface area (Å²) in [6.45, 7) is 18.4. The second-order valence-electron chi connectivity index (χ2n) is 16.6. The number of methoxy groups -OCH3 is 2. The highest BCUT2D eigenvalue weighted by Gasteiger charge is 2.43. The van der Waals surface area contributed by atoms with Gasteiger partial charge in [-0.2, -0.15) is 0 Å². The van der Waals surface area contributed by atoms with Crippen LogP contribution >= 0.6 is 0 Å². The van der Waals surface area contributed by atoms with E-state index < -0.39 is 0 Å². The van der Waals surface area contributed by atoms with E-state index in [0.29, 0.717) is 0 Å². The van der Waals surface area contributed by atoms with Crippen molar-refractivity contribution in [3.8, 4) is 44.9 Å². The molecule has 0 fully saturated rings. The minimum Gasteiger partial charge on any atom is -0.496 e. The van der Waals surface area contributed by atoms with Gasteiger partial charge in [-0.1, -0.05) is 143 Å². The summed E-state index contributed by atoms with van der Waals surface area (Å²) < 4.78 is 12.0. The summed E-state index contributed by atoms with van der Waals surface area (Å²) in [5.74, 6) is 1.88. The Morgan fingerprint density at radius 3 is 1.22 bits per heavy atom. The lowest BCUT2D eigenvalue weighted by atomic mass is 9.70. The predicted octanol–water partition coefficient (Wildman–Crippen LogP) is 13.8. The van der Waals surface area contributed by atoms with E-state index in [2.05, 4.69) is 128 Å². The van der Waals surface area contributed by atoms with Gasteiger partial charge in [-0.3, -0.25) is 0 Å². The maximum absolute atomic E-state index is 5.99. The molecule has 262 valence electrons. The second-order valence-corrected chi connectivity index (χ2v) is 16.6. The van der Waals surface area contributed by atoms with E-state index in [4.69, 9.17) is 9.47 Å². The molecule has 0 bridgehead atoms. The molecule has 0 heterocycles. The molecule has 0 radical (unpaired) electrons. The SMILES string of the molecule is CCCCCCC1(CCCCCC)c2cc(-c3cc(C(C)(C)C)ccc3OC)ccc2-c2ccc(-c3cc(C(C)(C)C)ccc3OC)cc21. The van der Waals surface area contributed by atoms with Crippen LogP contribution in [0.2, 0.25) is 0 Å². The summed E-state index contributed by atoms with van der Waals surface area (Å²) in [6, 6.07) is 28.1. The molecule has 0 saturated heterocycles. The first-order chi connectivity index (χ1) is 23.4. The number of fused-ring (bicyclic) bond motifs is 3. The highest BCUT2D eigenvalue weighted by Crippen LogP contribution is 2.56. The Balaban J connectivity index is 1.73. The zero-order chi connectivity index (χ0) is 35.4. The monoisotopic (exact) mass is 658 g/mol. The number of rotatable bonds is 14. The molecule has 4 aromatic carbocycles. The molecule has 0 saturated carbocycles. The highest BCUT2D eigenvalue weighted by molar-refractivity contribution is 5.87. The zero-order valence-corrected chi connectivity index (χ0v) is 32.3. The first-order valence-corrected chi connectivity index (χ1v) is 19.0. The van der Waals surface area contributed by atoms with Crippen molar-refractivity contribution in [2.45, 2.75) is 136 Å². The standard InChI is InChI=1S/C47H62O2/c1-11-13-15-17-27-47(28-18-16-14-12-2)41-29-33(39-31-35(45(3,4)5)21-25-43(39)48-9)19-23-37(41)38-24-20-34(30-42(38)47)40-32-36(46(6,7)8)22-26-44(40)49-10/h19-26,29-32H,11-18,27-28H2,1-10H3. The van der Waals surface area contributed by atoms with Crippen LogP contribution in [0.25, 0.3) is 33.4 Å². The van der Waals surface area contributed by atoms with Gasteiger partial charge >= 0.3 is 0 Å². The van der Waals surface area contributed by atoms with Gasteiger partial charge in [0.15, 0.2) is 0 Å². The summed E-state index contributed by atoms with van der Waals surface area (Å²) in [4.78, 5) is 0. The first kappa shape index (κ1) is 36.8. The van der Waals surface area contributed by atoms with Gasteiger partial charge in [0.05, 0.1) is 14.2 Å². The Hall–Kier alpha value is -3.52. The molecule has 0 aliphatic heterocycles. The Labute approximate surface area is 298 Å². The number of benzene rings is 4. The topological polar surface area (TPSA) is 18.5 Å². The van der Waals surface area contributed by atoms with Crippen molar-refractivity contribution in [3.05, 3.63) is 95.1 Å². The van der Waals surface area contributed by atoms with E-state index in [-0.39, 0.29) is 16.2 Å². The number of ether oxygens (including phenoxy) is 2. The van der Waals surface area contributed by atoms with E-state index >= 15 is 0 Å². The average molecular weight is 659 g/mol. The zero-order valence-electron chi connectivity index (χ0n) is 32.3. The van der Waals surface area contributed by atoms with Crippen LogP contribution in [0.3, 0.4) is 0 Å². The molecule has 0 aromatic heterocycles. The van der Waals surface area contributed by atoms with Crippen molar-refractivity contribution < 1.29 is 9.47 Å². The van der Waals surface area contributed by atoms with Gasteiger partial charge in [0.1, 0.15) is 11.5 Å². The molecule has 0 atom stereocenters. The molecular formula is C47H62O2. The van der Waals surface area contributed by atoms with Crippen molar-refractivity contribution in [2.24, 2.45) is 0 Å². The van der Waals surface area contributed by atoms with Crippen molar-refractivity contribution in [1.82, 2.24) is 0 Å². The van der Waals surface area contributed by atoms with Gasteiger partial charge < -0.3 is 9.47 Å². The lowest BCUT2D eigenvalue weighted by Gasteiger charge is -2.33. The highest BCUT2D eigenvalue weighted by atomic mass is 16.5.